The molecule has 3 aliphatic carbocycles. The number of rotatable bonds is 1. The van der Waals surface area contributed by atoms with Crippen molar-refractivity contribution >= 4 is 11.6 Å². The Morgan fingerprint density at radius 1 is 1.00 bits per heavy atom. The van der Waals surface area contributed by atoms with Gasteiger partial charge in [0.2, 0.25) is 0 Å². The molecule has 0 spiro atoms. The Hall–Kier alpha value is -2.00. The third kappa shape index (κ3) is 2.59. The largest absolute Gasteiger partial charge is 0.368 e. The molecule has 4 atom stereocenters. The molecule has 0 amide bonds. The van der Waals surface area contributed by atoms with E-state index < -0.39 is 0 Å². The molecule has 27 heavy (non-hydrogen) atoms. The van der Waals surface area contributed by atoms with Gasteiger partial charge in [-0.15, -0.1) is 0 Å². The molecule has 0 N–H and O–H groups in total. The van der Waals surface area contributed by atoms with Crippen molar-refractivity contribution in [1.82, 2.24) is 0 Å². The zero-order valence-corrected chi connectivity index (χ0v) is 15.9. The van der Waals surface area contributed by atoms with Crippen LogP contribution >= 0.6 is 0 Å². The van der Waals surface area contributed by atoms with Crippen LogP contribution in [-0.4, -0.2) is 18.2 Å². The van der Waals surface area contributed by atoms with Crippen LogP contribution in [0, 0.1) is 17.3 Å². The number of Topliss-reactive ketones (excluding diaryl/α,β-unsaturated/α-hetero) is 1. The number of hydrogen-bond donors (Lipinski definition) is 0. The lowest BCUT2D eigenvalue weighted by molar-refractivity contribution is -0.130. The van der Waals surface area contributed by atoms with Crippen LogP contribution in [0.25, 0.3) is 0 Å². The highest BCUT2D eigenvalue weighted by Crippen LogP contribution is 2.57. The lowest BCUT2D eigenvalue weighted by Crippen LogP contribution is -2.36. The van der Waals surface area contributed by atoms with E-state index in [4.69, 9.17) is 4.74 Å². The molecule has 0 aromatic heterocycles. The quantitative estimate of drug-likeness (QED) is 0.725. The summed E-state index contributed by atoms with van der Waals surface area (Å²) in [5.74, 6) is 1.36. The number of carbonyl (C=O) groups is 2. The first-order valence-corrected chi connectivity index (χ1v) is 10.2. The van der Waals surface area contributed by atoms with Gasteiger partial charge in [-0.3, -0.25) is 9.59 Å². The predicted octanol–water partition coefficient (Wildman–Crippen LogP) is 4.74. The minimum Gasteiger partial charge on any atom is -0.368 e. The average Bonchev–Trinajstić information content (AvgIpc) is 2.90. The maximum absolute atomic E-state index is 12.8. The van der Waals surface area contributed by atoms with Crippen LogP contribution in [0.15, 0.2) is 53.1 Å². The zero-order valence-electron chi connectivity index (χ0n) is 15.9. The summed E-state index contributed by atoms with van der Waals surface area (Å²) in [7, 11) is 0. The molecule has 4 aliphatic rings. The fourth-order valence-corrected chi connectivity index (χ4v) is 5.96. The summed E-state index contributed by atoms with van der Waals surface area (Å²) in [4.78, 5) is 24.8. The van der Waals surface area contributed by atoms with Crippen molar-refractivity contribution in [3.8, 4) is 0 Å². The SMILES string of the molecule is C[C@]12CO[C@H](c3ccccc3)C3=C4CCC(=O)C=C4CCC3C1CCC2=O. The van der Waals surface area contributed by atoms with Crippen LogP contribution in [0.4, 0.5) is 0 Å². The van der Waals surface area contributed by atoms with Gasteiger partial charge < -0.3 is 4.74 Å². The van der Waals surface area contributed by atoms with Crippen LogP contribution in [0.1, 0.15) is 57.1 Å². The van der Waals surface area contributed by atoms with Crippen LogP contribution < -0.4 is 0 Å². The lowest BCUT2D eigenvalue weighted by atomic mass is 9.64. The number of benzene rings is 1. The van der Waals surface area contributed by atoms with Crippen molar-refractivity contribution in [2.45, 2.75) is 51.6 Å². The van der Waals surface area contributed by atoms with Crippen molar-refractivity contribution in [2.24, 2.45) is 17.3 Å². The normalized spacial score (nSPS) is 35.9. The molecule has 3 nitrogen and oxygen atoms in total. The second-order valence-corrected chi connectivity index (χ2v) is 8.80. The third-order valence-corrected chi connectivity index (χ3v) is 7.37. The van der Waals surface area contributed by atoms with E-state index in [2.05, 4.69) is 31.2 Å². The number of hydrogen-bond acceptors (Lipinski definition) is 3. The Morgan fingerprint density at radius 2 is 1.81 bits per heavy atom. The second kappa shape index (κ2) is 6.27. The Kier molecular flexibility index (Phi) is 3.98. The fraction of sp³-hybridized carbons (Fsp3) is 0.500. The van der Waals surface area contributed by atoms with Gasteiger partial charge in [0, 0.05) is 12.8 Å². The molecule has 0 bridgehead atoms. The Balaban J connectivity index is 1.70. The van der Waals surface area contributed by atoms with Crippen molar-refractivity contribution in [2.75, 3.05) is 6.61 Å². The minimum atomic E-state index is -0.369. The Bertz CT molecular complexity index is 863. The first kappa shape index (κ1) is 17.1. The Morgan fingerprint density at radius 3 is 2.63 bits per heavy atom. The number of fused-ring (bicyclic) bond motifs is 4. The average molecular weight is 362 g/mol. The number of ether oxygens (including phenoxy) is 1. The summed E-state index contributed by atoms with van der Waals surface area (Å²) >= 11 is 0. The van der Waals surface area contributed by atoms with E-state index in [0.29, 0.717) is 37.1 Å². The van der Waals surface area contributed by atoms with E-state index in [1.165, 1.54) is 22.3 Å². The van der Waals surface area contributed by atoms with Gasteiger partial charge in [0.1, 0.15) is 11.9 Å². The van der Waals surface area contributed by atoms with E-state index in [1.807, 2.05) is 12.1 Å². The summed E-state index contributed by atoms with van der Waals surface area (Å²) < 4.78 is 6.53. The van der Waals surface area contributed by atoms with Gasteiger partial charge in [0.25, 0.3) is 0 Å². The van der Waals surface area contributed by atoms with Gasteiger partial charge in [0.05, 0.1) is 12.0 Å². The molecule has 140 valence electrons. The van der Waals surface area contributed by atoms with Gasteiger partial charge >= 0.3 is 0 Å². The van der Waals surface area contributed by atoms with Crippen molar-refractivity contribution < 1.29 is 14.3 Å². The second-order valence-electron chi connectivity index (χ2n) is 8.80. The molecule has 5 rings (SSSR count). The van der Waals surface area contributed by atoms with Crippen LogP contribution in [0.3, 0.4) is 0 Å². The number of ketones is 2. The van der Waals surface area contributed by atoms with Crippen molar-refractivity contribution in [3.05, 3.63) is 58.7 Å². The summed E-state index contributed by atoms with van der Waals surface area (Å²) in [6.45, 7) is 2.62. The highest BCUT2D eigenvalue weighted by Gasteiger charge is 2.54. The molecule has 1 heterocycles. The Labute approximate surface area is 160 Å². The molecule has 1 saturated carbocycles. The fourth-order valence-electron chi connectivity index (χ4n) is 5.96. The van der Waals surface area contributed by atoms with Gasteiger partial charge in [-0.05, 0) is 65.9 Å². The maximum atomic E-state index is 12.8. The molecule has 1 aliphatic heterocycles. The van der Waals surface area contributed by atoms with Gasteiger partial charge in [-0.25, -0.2) is 0 Å². The third-order valence-electron chi connectivity index (χ3n) is 7.37. The van der Waals surface area contributed by atoms with E-state index in [-0.39, 0.29) is 17.3 Å². The molecule has 1 aromatic carbocycles. The monoisotopic (exact) mass is 362 g/mol. The smallest absolute Gasteiger partial charge is 0.156 e. The highest BCUT2D eigenvalue weighted by molar-refractivity contribution is 5.93. The van der Waals surface area contributed by atoms with Crippen molar-refractivity contribution in [3.63, 3.8) is 0 Å². The molecule has 2 unspecified atom stereocenters. The molecule has 0 radical (unpaired) electrons. The molecule has 3 heteroatoms. The topological polar surface area (TPSA) is 43.4 Å². The van der Waals surface area contributed by atoms with Crippen molar-refractivity contribution in [1.29, 1.82) is 0 Å². The number of allylic oxidation sites excluding steroid dienone is 3. The first-order chi connectivity index (χ1) is 13.1. The van der Waals surface area contributed by atoms with E-state index in [9.17, 15) is 9.59 Å². The molecular formula is C24H26O3. The molecule has 2 fully saturated rings. The first-order valence-electron chi connectivity index (χ1n) is 10.2. The van der Waals surface area contributed by atoms with Crippen LogP contribution in [0.5, 0.6) is 0 Å². The summed E-state index contributed by atoms with van der Waals surface area (Å²) in [6.07, 6.45) is 6.82. The predicted molar refractivity (Wildman–Crippen MR) is 103 cm³/mol. The van der Waals surface area contributed by atoms with E-state index >= 15 is 0 Å². The summed E-state index contributed by atoms with van der Waals surface area (Å²) in [5.41, 5.74) is 4.73. The lowest BCUT2D eigenvalue weighted by Gasteiger charge is -2.39. The number of carbonyl (C=O) groups excluding carboxylic acids is 2. The molecule has 1 saturated heterocycles. The molecular weight excluding hydrogens is 336 g/mol. The summed E-state index contributed by atoms with van der Waals surface area (Å²) in [5, 5.41) is 0. The van der Waals surface area contributed by atoms with Crippen LogP contribution in [0.2, 0.25) is 0 Å². The van der Waals surface area contributed by atoms with E-state index in [1.54, 1.807) is 0 Å². The van der Waals surface area contributed by atoms with Gasteiger partial charge in [0.15, 0.2) is 5.78 Å². The van der Waals surface area contributed by atoms with Gasteiger partial charge in [-0.1, -0.05) is 37.3 Å². The highest BCUT2D eigenvalue weighted by atomic mass is 16.5. The zero-order chi connectivity index (χ0) is 18.6. The van der Waals surface area contributed by atoms with E-state index in [0.717, 1.165) is 25.7 Å². The van der Waals surface area contributed by atoms with Gasteiger partial charge in [-0.2, -0.15) is 0 Å². The minimum absolute atomic E-state index is 0.0988. The molecule has 1 aromatic rings. The van der Waals surface area contributed by atoms with Crippen LogP contribution in [-0.2, 0) is 14.3 Å². The summed E-state index contributed by atoms with van der Waals surface area (Å²) in [6, 6.07) is 10.4. The standard InChI is InChI=1S/C24H26O3/c1-24-14-27-23(15-5-3-2-4-6-15)22-18-10-8-17(25)13-16(18)7-9-19(22)20(24)11-12-21(24)26/h2-6,13,19-20,23H,7-12,14H2,1H3/t19?,20?,23-,24+/m1/s1. The maximum Gasteiger partial charge on any atom is 0.156 e.